The highest BCUT2D eigenvalue weighted by Crippen LogP contribution is 2.33. The number of methoxy groups -OCH3 is 2. The summed E-state index contributed by atoms with van der Waals surface area (Å²) in [5, 5.41) is 18.9. The summed E-state index contributed by atoms with van der Waals surface area (Å²) < 4.78 is 10.6. The first-order valence-corrected chi connectivity index (χ1v) is 10.2. The molecule has 31 heavy (non-hydrogen) atoms. The number of H-pyrrole nitrogens is 1. The van der Waals surface area contributed by atoms with Crippen molar-refractivity contribution >= 4 is 11.6 Å². The van der Waals surface area contributed by atoms with Crippen LogP contribution >= 0.6 is 0 Å². The van der Waals surface area contributed by atoms with Crippen molar-refractivity contribution < 1.29 is 9.47 Å². The summed E-state index contributed by atoms with van der Waals surface area (Å²) in [4.78, 5) is 10.5. The molecule has 1 fully saturated rings. The molecule has 1 aromatic carbocycles. The van der Waals surface area contributed by atoms with Gasteiger partial charge in [0.15, 0.2) is 11.5 Å². The smallest absolute Gasteiger partial charge is 0.158 e. The third kappa shape index (κ3) is 5.93. The molecule has 1 saturated heterocycles. The van der Waals surface area contributed by atoms with Gasteiger partial charge in [0.1, 0.15) is 23.4 Å². The van der Waals surface area contributed by atoms with Crippen molar-refractivity contribution in [1.29, 1.82) is 5.26 Å². The standard InChI is InChI=1S/C16H14N6O2.C6H13N/c1-23-11-3-4-12(14(5-11)24-2)13-6-15(22-21-13)20-16-9-18-10(7-17)8-19-16;1-2-7-5-3-4-6-7/h3-6,8-9H,1-2H3,(H2,19,20,21,22);2-6H2,1H3. The van der Waals surface area contributed by atoms with Crippen molar-refractivity contribution in [3.05, 3.63) is 42.4 Å². The molecule has 0 radical (unpaired) electrons. The van der Waals surface area contributed by atoms with Gasteiger partial charge >= 0.3 is 0 Å². The lowest BCUT2D eigenvalue weighted by atomic mass is 10.1. The van der Waals surface area contributed by atoms with E-state index >= 15 is 0 Å². The van der Waals surface area contributed by atoms with Crippen molar-refractivity contribution in [3.63, 3.8) is 0 Å². The third-order valence-electron chi connectivity index (χ3n) is 4.95. The van der Waals surface area contributed by atoms with Crippen LogP contribution in [0.25, 0.3) is 11.3 Å². The average molecular weight is 422 g/mol. The quantitative estimate of drug-likeness (QED) is 0.621. The van der Waals surface area contributed by atoms with Gasteiger partial charge in [0.05, 0.1) is 32.3 Å². The lowest BCUT2D eigenvalue weighted by molar-refractivity contribution is 0.359. The number of rotatable bonds is 6. The van der Waals surface area contributed by atoms with Gasteiger partial charge < -0.3 is 19.7 Å². The van der Waals surface area contributed by atoms with Gasteiger partial charge in [-0.25, -0.2) is 9.97 Å². The van der Waals surface area contributed by atoms with Crippen LogP contribution in [0, 0.1) is 11.3 Å². The Balaban J connectivity index is 0.000000330. The Morgan fingerprint density at radius 3 is 2.48 bits per heavy atom. The topological polar surface area (TPSA) is 112 Å². The molecular weight excluding hydrogens is 394 g/mol. The maximum atomic E-state index is 8.72. The van der Waals surface area contributed by atoms with E-state index in [9.17, 15) is 0 Å². The summed E-state index contributed by atoms with van der Waals surface area (Å²) >= 11 is 0. The zero-order chi connectivity index (χ0) is 22.1. The fourth-order valence-corrected chi connectivity index (χ4v) is 3.23. The predicted octanol–water partition coefficient (Wildman–Crippen LogP) is 3.60. The Bertz CT molecular complexity index is 1010. The van der Waals surface area contributed by atoms with Crippen molar-refractivity contribution in [2.45, 2.75) is 19.8 Å². The highest BCUT2D eigenvalue weighted by atomic mass is 16.5. The largest absolute Gasteiger partial charge is 0.497 e. The van der Waals surface area contributed by atoms with Crippen LogP contribution in [0.4, 0.5) is 11.6 Å². The minimum atomic E-state index is 0.256. The summed E-state index contributed by atoms with van der Waals surface area (Å²) in [6, 6.07) is 9.27. The molecule has 9 heteroatoms. The molecule has 0 bridgehead atoms. The van der Waals surface area contributed by atoms with Crippen molar-refractivity contribution in [1.82, 2.24) is 25.1 Å². The number of anilines is 2. The number of aromatic nitrogens is 4. The fraction of sp³-hybridized carbons (Fsp3) is 0.364. The van der Waals surface area contributed by atoms with Gasteiger partial charge in [0.2, 0.25) is 0 Å². The third-order valence-corrected chi connectivity index (χ3v) is 4.95. The number of nitriles is 1. The number of likely N-dealkylation sites (tertiary alicyclic amines) is 1. The Kier molecular flexibility index (Phi) is 7.79. The van der Waals surface area contributed by atoms with E-state index in [0.717, 1.165) is 11.3 Å². The molecule has 2 aromatic heterocycles. The van der Waals surface area contributed by atoms with Crippen molar-refractivity contribution in [2.75, 3.05) is 39.2 Å². The Morgan fingerprint density at radius 2 is 1.90 bits per heavy atom. The molecule has 1 aliphatic rings. The van der Waals surface area contributed by atoms with E-state index in [1.807, 2.05) is 24.3 Å². The number of aromatic amines is 1. The summed E-state index contributed by atoms with van der Waals surface area (Å²) in [6.07, 6.45) is 5.71. The van der Waals surface area contributed by atoms with Gasteiger partial charge in [-0.1, -0.05) is 6.92 Å². The van der Waals surface area contributed by atoms with Gasteiger partial charge in [-0.05, 0) is 44.6 Å². The van der Waals surface area contributed by atoms with Crippen LogP contribution < -0.4 is 14.8 Å². The lowest BCUT2D eigenvalue weighted by Crippen LogP contribution is -2.17. The van der Waals surface area contributed by atoms with E-state index in [1.165, 1.54) is 44.9 Å². The van der Waals surface area contributed by atoms with Crippen LogP contribution in [-0.2, 0) is 0 Å². The maximum absolute atomic E-state index is 8.72. The molecule has 0 spiro atoms. The monoisotopic (exact) mass is 421 g/mol. The number of nitrogens with zero attached hydrogens (tertiary/aromatic N) is 5. The van der Waals surface area contributed by atoms with E-state index in [4.69, 9.17) is 14.7 Å². The summed E-state index contributed by atoms with van der Waals surface area (Å²) in [5.74, 6) is 2.44. The zero-order valence-electron chi connectivity index (χ0n) is 18.1. The highest BCUT2D eigenvalue weighted by Gasteiger charge is 2.11. The van der Waals surface area contributed by atoms with E-state index in [2.05, 4.69) is 37.3 Å². The second-order valence-corrected chi connectivity index (χ2v) is 6.90. The summed E-state index contributed by atoms with van der Waals surface area (Å²) in [7, 11) is 3.20. The first-order chi connectivity index (χ1) is 15.2. The molecule has 1 aliphatic heterocycles. The van der Waals surface area contributed by atoms with Gasteiger partial charge in [-0.3, -0.25) is 5.10 Å². The molecule has 0 aliphatic carbocycles. The average Bonchev–Trinajstić information content (AvgIpc) is 3.52. The normalized spacial score (nSPS) is 13.1. The minimum absolute atomic E-state index is 0.256. The number of benzene rings is 1. The second-order valence-electron chi connectivity index (χ2n) is 6.90. The van der Waals surface area contributed by atoms with Crippen LogP contribution in [-0.4, -0.2) is 58.9 Å². The predicted molar refractivity (Wildman–Crippen MR) is 119 cm³/mol. The SMILES string of the molecule is CCN1CCCC1.COc1ccc(-c2cc(Nc3cnc(C#N)cn3)n[nH]2)c(OC)c1. The Morgan fingerprint density at radius 1 is 1.10 bits per heavy atom. The van der Waals surface area contributed by atoms with Crippen LogP contribution in [0.2, 0.25) is 0 Å². The fourth-order valence-electron chi connectivity index (χ4n) is 3.23. The van der Waals surface area contributed by atoms with Crippen LogP contribution in [0.3, 0.4) is 0 Å². The first-order valence-electron chi connectivity index (χ1n) is 10.2. The van der Waals surface area contributed by atoms with Crippen LogP contribution in [0.5, 0.6) is 11.5 Å². The first kappa shape index (κ1) is 22.1. The Labute approximate surface area is 182 Å². The molecule has 0 unspecified atom stereocenters. The molecule has 0 atom stereocenters. The molecule has 2 N–H and O–H groups in total. The second kappa shape index (κ2) is 10.9. The number of hydrogen-bond donors (Lipinski definition) is 2. The highest BCUT2D eigenvalue weighted by molar-refractivity contribution is 5.71. The molecule has 9 nitrogen and oxygen atoms in total. The van der Waals surface area contributed by atoms with Crippen LogP contribution in [0.15, 0.2) is 36.7 Å². The summed E-state index contributed by atoms with van der Waals surface area (Å²) in [6.45, 7) is 6.16. The van der Waals surface area contributed by atoms with Crippen LogP contribution in [0.1, 0.15) is 25.5 Å². The molecule has 162 valence electrons. The van der Waals surface area contributed by atoms with Gasteiger partial charge in [-0.2, -0.15) is 10.4 Å². The van der Waals surface area contributed by atoms with E-state index in [1.54, 1.807) is 20.3 Å². The Hall–Kier alpha value is -3.64. The van der Waals surface area contributed by atoms with E-state index in [-0.39, 0.29) is 5.69 Å². The van der Waals surface area contributed by atoms with Crippen molar-refractivity contribution in [2.24, 2.45) is 0 Å². The van der Waals surface area contributed by atoms with Gasteiger partial charge in [0.25, 0.3) is 0 Å². The molecule has 0 saturated carbocycles. The van der Waals surface area contributed by atoms with Gasteiger partial charge in [-0.15, -0.1) is 0 Å². The zero-order valence-corrected chi connectivity index (χ0v) is 18.1. The lowest BCUT2D eigenvalue weighted by Gasteiger charge is -2.08. The molecule has 0 amide bonds. The molecular formula is C22H27N7O2. The van der Waals surface area contributed by atoms with E-state index in [0.29, 0.717) is 23.1 Å². The number of nitrogens with one attached hydrogen (secondary N) is 2. The van der Waals surface area contributed by atoms with Gasteiger partial charge in [0, 0.05) is 17.7 Å². The molecule has 3 aromatic rings. The maximum Gasteiger partial charge on any atom is 0.158 e. The van der Waals surface area contributed by atoms with E-state index < -0.39 is 0 Å². The molecule has 4 rings (SSSR count). The van der Waals surface area contributed by atoms with Crippen molar-refractivity contribution in [3.8, 4) is 28.8 Å². The minimum Gasteiger partial charge on any atom is -0.497 e. The number of hydrogen-bond acceptors (Lipinski definition) is 8. The summed E-state index contributed by atoms with van der Waals surface area (Å²) in [5.41, 5.74) is 1.88. The molecule has 3 heterocycles. The number of ether oxygens (including phenoxy) is 2.